The van der Waals surface area contributed by atoms with Gasteiger partial charge in [-0.25, -0.2) is 8.42 Å². The highest BCUT2D eigenvalue weighted by Crippen LogP contribution is 2.30. The molecule has 0 aromatic heterocycles. The lowest BCUT2D eigenvalue weighted by atomic mass is 10.1. The molecule has 0 saturated carbocycles. The normalized spacial score (nSPS) is 15.5. The molecule has 0 N–H and O–H groups in total. The smallest absolute Gasteiger partial charge is 0.207 e. The lowest BCUT2D eigenvalue weighted by Gasteiger charge is -2.23. The van der Waals surface area contributed by atoms with E-state index in [1.807, 2.05) is 19.1 Å². The van der Waals surface area contributed by atoms with Gasteiger partial charge in [0.05, 0.1) is 13.0 Å². The van der Waals surface area contributed by atoms with Crippen molar-refractivity contribution in [1.82, 2.24) is 4.31 Å². The summed E-state index contributed by atoms with van der Waals surface area (Å²) in [6, 6.07) is 11.4. The zero-order valence-electron chi connectivity index (χ0n) is 15.1. The van der Waals surface area contributed by atoms with E-state index >= 15 is 0 Å². The third-order valence-corrected chi connectivity index (χ3v) is 8.71. The Balaban J connectivity index is 2.01. The quantitative estimate of drug-likeness (QED) is 0.786. The molecule has 3 nitrogen and oxygen atoms in total. The van der Waals surface area contributed by atoms with Crippen molar-refractivity contribution in [2.45, 2.75) is 51.5 Å². The van der Waals surface area contributed by atoms with Crippen LogP contribution in [0.5, 0.6) is 0 Å². The Labute approximate surface area is 146 Å². The molecule has 0 atom stereocenters. The second-order valence-corrected chi connectivity index (χ2v) is 14.7. The summed E-state index contributed by atoms with van der Waals surface area (Å²) >= 11 is 0. The Morgan fingerprint density at radius 2 is 1.54 bits per heavy atom. The van der Waals surface area contributed by atoms with Gasteiger partial charge in [0, 0.05) is 13.1 Å². The van der Waals surface area contributed by atoms with Crippen molar-refractivity contribution in [3.63, 3.8) is 0 Å². The molecule has 0 amide bonds. The molecule has 0 saturated heterocycles. The molecule has 2 aromatic carbocycles. The van der Waals surface area contributed by atoms with Gasteiger partial charge in [0.15, 0.2) is 0 Å². The van der Waals surface area contributed by atoms with E-state index in [4.69, 9.17) is 0 Å². The third kappa shape index (κ3) is 2.96. The van der Waals surface area contributed by atoms with Crippen LogP contribution in [0.4, 0.5) is 0 Å². The zero-order chi connectivity index (χ0) is 17.7. The molecule has 0 bridgehead atoms. The predicted octanol–water partition coefficient (Wildman–Crippen LogP) is 3.55. The van der Waals surface area contributed by atoms with E-state index in [1.165, 1.54) is 16.3 Å². The van der Waals surface area contributed by atoms with E-state index in [9.17, 15) is 8.42 Å². The molecule has 0 unspecified atom stereocenters. The topological polar surface area (TPSA) is 37.4 Å². The number of hydrogen-bond donors (Lipinski definition) is 0. The number of fused-ring (bicyclic) bond motifs is 1. The number of benzene rings is 2. The number of aryl methyl sites for hydroxylation is 2. The maximum atomic E-state index is 13.0. The molecular formula is C19H25NO2SSi. The van der Waals surface area contributed by atoms with Crippen LogP contribution < -0.4 is 5.19 Å². The van der Waals surface area contributed by atoms with Gasteiger partial charge in [-0.05, 0) is 37.1 Å². The molecule has 5 heteroatoms. The Kier molecular flexibility index (Phi) is 4.22. The van der Waals surface area contributed by atoms with Gasteiger partial charge in [0.25, 0.3) is 0 Å². The molecule has 0 radical (unpaired) electrons. The average Bonchev–Trinajstić information content (AvgIpc) is 2.90. The Morgan fingerprint density at radius 1 is 0.917 bits per heavy atom. The van der Waals surface area contributed by atoms with Crippen molar-refractivity contribution in [2.75, 3.05) is 0 Å². The van der Waals surface area contributed by atoms with Gasteiger partial charge in [0.1, 0.15) is 0 Å². The van der Waals surface area contributed by atoms with Crippen LogP contribution in [-0.2, 0) is 23.1 Å². The van der Waals surface area contributed by atoms with Crippen LogP contribution in [0.3, 0.4) is 0 Å². The first-order valence-electron chi connectivity index (χ1n) is 8.29. The molecule has 128 valence electrons. The first kappa shape index (κ1) is 17.4. The average molecular weight is 360 g/mol. The maximum Gasteiger partial charge on any atom is 0.243 e. The largest absolute Gasteiger partial charge is 0.243 e. The van der Waals surface area contributed by atoms with Crippen LogP contribution in [0, 0.1) is 13.8 Å². The fourth-order valence-corrected chi connectivity index (χ4v) is 7.43. The van der Waals surface area contributed by atoms with Crippen LogP contribution in [0.1, 0.15) is 22.3 Å². The second-order valence-electron chi connectivity index (χ2n) is 7.73. The van der Waals surface area contributed by atoms with Gasteiger partial charge in [-0.2, -0.15) is 4.31 Å². The number of hydrogen-bond acceptors (Lipinski definition) is 2. The van der Waals surface area contributed by atoms with Crippen molar-refractivity contribution in [1.29, 1.82) is 0 Å². The van der Waals surface area contributed by atoms with Gasteiger partial charge >= 0.3 is 0 Å². The minimum Gasteiger partial charge on any atom is -0.207 e. The predicted molar refractivity (Wildman–Crippen MR) is 102 cm³/mol. The molecule has 24 heavy (non-hydrogen) atoms. The molecule has 1 aliphatic rings. The van der Waals surface area contributed by atoms with Crippen molar-refractivity contribution in [2.24, 2.45) is 0 Å². The lowest BCUT2D eigenvalue weighted by molar-refractivity contribution is 0.432. The van der Waals surface area contributed by atoms with E-state index in [0.29, 0.717) is 18.0 Å². The van der Waals surface area contributed by atoms with Crippen LogP contribution in [-0.4, -0.2) is 20.8 Å². The fraction of sp³-hybridized carbons (Fsp3) is 0.368. The van der Waals surface area contributed by atoms with E-state index in [2.05, 4.69) is 38.7 Å². The highest BCUT2D eigenvalue weighted by atomic mass is 32.2. The zero-order valence-corrected chi connectivity index (χ0v) is 16.9. The van der Waals surface area contributed by atoms with Crippen LogP contribution in [0.2, 0.25) is 19.6 Å². The van der Waals surface area contributed by atoms with Crippen LogP contribution in [0.15, 0.2) is 41.3 Å². The summed E-state index contributed by atoms with van der Waals surface area (Å²) in [7, 11) is -4.98. The van der Waals surface area contributed by atoms with E-state index in [1.54, 1.807) is 16.4 Å². The first-order valence-corrected chi connectivity index (χ1v) is 13.2. The van der Waals surface area contributed by atoms with Gasteiger partial charge in [-0.1, -0.05) is 60.2 Å². The molecule has 1 heterocycles. The van der Waals surface area contributed by atoms with Gasteiger partial charge in [-0.3, -0.25) is 0 Å². The number of rotatable bonds is 3. The minimum absolute atomic E-state index is 0.382. The first-order chi connectivity index (χ1) is 11.1. The summed E-state index contributed by atoms with van der Waals surface area (Å²) in [5, 5.41) is 1.42. The minimum atomic E-state index is -3.45. The second kappa shape index (κ2) is 5.83. The third-order valence-electron chi connectivity index (χ3n) is 4.71. The summed E-state index contributed by atoms with van der Waals surface area (Å²) in [5.41, 5.74) is 4.76. The van der Waals surface area contributed by atoms with E-state index in [0.717, 1.165) is 11.1 Å². The van der Waals surface area contributed by atoms with Crippen LogP contribution >= 0.6 is 0 Å². The Hall–Kier alpha value is -1.43. The summed E-state index contributed by atoms with van der Waals surface area (Å²) in [6.07, 6.45) is 0. The fourth-order valence-electron chi connectivity index (χ4n) is 3.63. The molecule has 0 fully saturated rings. The Morgan fingerprint density at radius 3 is 2.12 bits per heavy atom. The number of nitrogens with zero attached hydrogens (tertiary/aromatic N) is 1. The molecule has 0 aliphatic carbocycles. The standard InChI is InChI=1S/C19H25NO2SSi/c1-14-6-10-17(11-7-14)23(21,22)20-12-16-9-8-15(2)19(18(16)13-20)24(3,4)5/h6-11H,12-13H2,1-5H3. The van der Waals surface area contributed by atoms with Crippen molar-refractivity contribution < 1.29 is 8.42 Å². The summed E-state index contributed by atoms with van der Waals surface area (Å²) in [5.74, 6) is 0. The van der Waals surface area contributed by atoms with Gasteiger partial charge < -0.3 is 0 Å². The van der Waals surface area contributed by atoms with Crippen molar-refractivity contribution in [3.05, 3.63) is 58.7 Å². The Bertz CT molecular complexity index is 881. The lowest BCUT2D eigenvalue weighted by Crippen LogP contribution is -2.42. The monoisotopic (exact) mass is 359 g/mol. The number of sulfonamides is 1. The molecule has 0 spiro atoms. The van der Waals surface area contributed by atoms with Gasteiger partial charge in [-0.15, -0.1) is 0 Å². The molecule has 3 rings (SSSR count). The van der Waals surface area contributed by atoms with Crippen molar-refractivity contribution in [3.8, 4) is 0 Å². The molecule has 1 aliphatic heterocycles. The van der Waals surface area contributed by atoms with E-state index in [-0.39, 0.29) is 0 Å². The molecule has 2 aromatic rings. The van der Waals surface area contributed by atoms with Gasteiger partial charge in [0.2, 0.25) is 10.0 Å². The SMILES string of the molecule is Cc1ccc(S(=O)(=O)N2Cc3ccc(C)c([Si](C)(C)C)c3C2)cc1. The highest BCUT2D eigenvalue weighted by molar-refractivity contribution is 7.89. The summed E-state index contributed by atoms with van der Waals surface area (Å²) in [4.78, 5) is 0.382. The summed E-state index contributed by atoms with van der Waals surface area (Å²) < 4.78 is 27.6. The van der Waals surface area contributed by atoms with E-state index < -0.39 is 18.1 Å². The summed E-state index contributed by atoms with van der Waals surface area (Å²) in [6.45, 7) is 12.1. The highest BCUT2D eigenvalue weighted by Gasteiger charge is 2.34. The van der Waals surface area contributed by atoms with Crippen molar-refractivity contribution >= 4 is 23.3 Å². The molecular weight excluding hydrogens is 334 g/mol. The maximum absolute atomic E-state index is 13.0. The van der Waals surface area contributed by atoms with Crippen LogP contribution in [0.25, 0.3) is 0 Å².